The minimum atomic E-state index is -3.74. The number of aromatic nitrogens is 1. The first kappa shape index (κ1) is 21.6. The average molecular weight is 472 g/mol. The molecule has 6 nitrogen and oxygen atoms in total. The zero-order valence-electron chi connectivity index (χ0n) is 17.1. The second kappa shape index (κ2) is 8.88. The lowest BCUT2D eigenvalue weighted by atomic mass is 10.1. The predicted molar refractivity (Wildman–Crippen MR) is 127 cm³/mol. The molecule has 2 heterocycles. The first-order valence-electron chi connectivity index (χ1n) is 9.67. The molecule has 0 saturated heterocycles. The van der Waals surface area contributed by atoms with Gasteiger partial charge in [-0.2, -0.15) is 4.31 Å². The van der Waals surface area contributed by atoms with Crippen molar-refractivity contribution in [3.05, 3.63) is 71.6 Å². The number of aryl methyl sites for hydroxylation is 1. The molecule has 2 aromatic carbocycles. The molecule has 0 spiro atoms. The molecule has 0 atom stereocenters. The smallest absolute Gasteiger partial charge is 0.252 e. The number of thiophene rings is 1. The summed E-state index contributed by atoms with van der Waals surface area (Å²) in [5.41, 5.74) is 2.60. The number of benzene rings is 2. The van der Waals surface area contributed by atoms with Crippen LogP contribution in [-0.2, 0) is 21.2 Å². The summed E-state index contributed by atoms with van der Waals surface area (Å²) in [4.78, 5) is 19.5. The summed E-state index contributed by atoms with van der Waals surface area (Å²) >= 11 is 2.53. The van der Waals surface area contributed by atoms with Crippen molar-refractivity contribution in [2.45, 2.75) is 17.6 Å². The fourth-order valence-corrected chi connectivity index (χ4v) is 6.43. The number of hydrogen-bond acceptors (Lipinski definition) is 6. The van der Waals surface area contributed by atoms with Crippen molar-refractivity contribution >= 4 is 59.6 Å². The van der Waals surface area contributed by atoms with Gasteiger partial charge in [-0.1, -0.05) is 48.6 Å². The van der Waals surface area contributed by atoms with Gasteiger partial charge in [-0.15, -0.1) is 11.3 Å². The molecule has 0 aliphatic heterocycles. The van der Waals surface area contributed by atoms with Gasteiger partial charge >= 0.3 is 0 Å². The Balaban J connectivity index is 1.70. The van der Waals surface area contributed by atoms with Gasteiger partial charge in [0, 0.05) is 7.05 Å². The standard InChI is InChI=1S/C22H21N3O3S3/c1-3-16-10-12-17(13-11-16)25(22-23-18-7-4-5-8-19(18)30-22)20(26)15-24(2)31(27,28)21-9-6-14-29-21/h4-14H,3,15H2,1-2H3. The Labute approximate surface area is 189 Å². The van der Waals surface area contributed by atoms with E-state index in [4.69, 9.17) is 0 Å². The molecule has 0 N–H and O–H groups in total. The molecular weight excluding hydrogens is 450 g/mol. The van der Waals surface area contributed by atoms with E-state index in [0.717, 1.165) is 37.8 Å². The van der Waals surface area contributed by atoms with E-state index in [1.165, 1.54) is 29.4 Å². The van der Waals surface area contributed by atoms with Crippen molar-refractivity contribution in [2.24, 2.45) is 0 Å². The van der Waals surface area contributed by atoms with Crippen LogP contribution in [0, 0.1) is 0 Å². The van der Waals surface area contributed by atoms with Gasteiger partial charge in [0.15, 0.2) is 5.13 Å². The van der Waals surface area contributed by atoms with Crippen LogP contribution in [0.5, 0.6) is 0 Å². The van der Waals surface area contributed by atoms with Crippen LogP contribution in [0.25, 0.3) is 10.2 Å². The Bertz CT molecular complexity index is 1260. The molecule has 4 rings (SSSR count). The Hall–Kier alpha value is -2.59. The van der Waals surface area contributed by atoms with E-state index >= 15 is 0 Å². The minimum Gasteiger partial charge on any atom is -0.272 e. The molecule has 4 aromatic rings. The van der Waals surface area contributed by atoms with Gasteiger partial charge in [0.2, 0.25) is 5.91 Å². The lowest BCUT2D eigenvalue weighted by Crippen LogP contribution is -2.39. The fraction of sp³-hybridized carbons (Fsp3) is 0.182. The normalized spacial score (nSPS) is 11.8. The number of carbonyl (C=O) groups is 1. The molecular formula is C22H21N3O3S3. The van der Waals surface area contributed by atoms with Crippen LogP contribution in [0.3, 0.4) is 0 Å². The molecule has 2 aromatic heterocycles. The molecule has 0 aliphatic carbocycles. The third kappa shape index (κ3) is 4.40. The largest absolute Gasteiger partial charge is 0.272 e. The minimum absolute atomic E-state index is 0.210. The number of hydrogen-bond donors (Lipinski definition) is 0. The number of amides is 1. The van der Waals surface area contributed by atoms with Crippen molar-refractivity contribution in [1.29, 1.82) is 0 Å². The zero-order valence-corrected chi connectivity index (χ0v) is 19.5. The summed E-state index contributed by atoms with van der Waals surface area (Å²) in [6, 6.07) is 18.6. The number of anilines is 2. The number of rotatable bonds is 7. The van der Waals surface area contributed by atoms with Crippen molar-refractivity contribution in [3.63, 3.8) is 0 Å². The molecule has 0 fully saturated rings. The molecule has 9 heteroatoms. The summed E-state index contributed by atoms with van der Waals surface area (Å²) in [5, 5.41) is 2.21. The van der Waals surface area contributed by atoms with Crippen molar-refractivity contribution < 1.29 is 13.2 Å². The highest BCUT2D eigenvalue weighted by atomic mass is 32.2. The van der Waals surface area contributed by atoms with Crippen LogP contribution in [0.2, 0.25) is 0 Å². The number of carbonyl (C=O) groups excluding carboxylic acids is 1. The van der Waals surface area contributed by atoms with E-state index in [1.807, 2.05) is 48.5 Å². The lowest BCUT2D eigenvalue weighted by Gasteiger charge is -2.23. The fourth-order valence-electron chi connectivity index (χ4n) is 3.11. The Morgan fingerprint density at radius 2 is 1.77 bits per heavy atom. The van der Waals surface area contributed by atoms with Gasteiger partial charge in [0.05, 0.1) is 22.4 Å². The number of para-hydroxylation sites is 1. The average Bonchev–Trinajstić information content (AvgIpc) is 3.44. The van der Waals surface area contributed by atoms with Gasteiger partial charge in [0.25, 0.3) is 10.0 Å². The number of nitrogens with zero attached hydrogens (tertiary/aromatic N) is 3. The molecule has 1 amide bonds. The number of sulfonamides is 1. The van der Waals surface area contributed by atoms with Crippen LogP contribution in [0.15, 0.2) is 70.3 Å². The highest BCUT2D eigenvalue weighted by molar-refractivity contribution is 7.91. The molecule has 0 bridgehead atoms. The topological polar surface area (TPSA) is 70.6 Å². The molecule has 0 radical (unpaired) electrons. The van der Waals surface area contributed by atoms with Crippen LogP contribution < -0.4 is 4.90 Å². The highest BCUT2D eigenvalue weighted by Gasteiger charge is 2.28. The second-order valence-electron chi connectivity index (χ2n) is 6.91. The maximum atomic E-state index is 13.4. The number of fused-ring (bicyclic) bond motifs is 1. The quantitative estimate of drug-likeness (QED) is 0.384. The van der Waals surface area contributed by atoms with Crippen molar-refractivity contribution in [1.82, 2.24) is 9.29 Å². The van der Waals surface area contributed by atoms with E-state index in [0.29, 0.717) is 10.8 Å². The van der Waals surface area contributed by atoms with Gasteiger partial charge in [0.1, 0.15) is 4.21 Å². The maximum Gasteiger partial charge on any atom is 0.252 e. The molecule has 0 saturated carbocycles. The van der Waals surface area contributed by atoms with E-state index in [2.05, 4.69) is 11.9 Å². The van der Waals surface area contributed by atoms with Gasteiger partial charge in [-0.3, -0.25) is 9.69 Å². The van der Waals surface area contributed by atoms with Gasteiger partial charge in [-0.25, -0.2) is 13.4 Å². The summed E-state index contributed by atoms with van der Waals surface area (Å²) < 4.78 is 27.9. The molecule has 31 heavy (non-hydrogen) atoms. The molecule has 0 unspecified atom stereocenters. The first-order valence-corrected chi connectivity index (χ1v) is 12.8. The summed E-state index contributed by atoms with van der Waals surface area (Å²) in [6.07, 6.45) is 0.886. The number of likely N-dealkylation sites (N-methyl/N-ethyl adjacent to an activating group) is 1. The highest BCUT2D eigenvalue weighted by Crippen LogP contribution is 2.34. The van der Waals surface area contributed by atoms with Crippen molar-refractivity contribution in [2.75, 3.05) is 18.5 Å². The summed E-state index contributed by atoms with van der Waals surface area (Å²) in [5.74, 6) is -0.370. The van der Waals surface area contributed by atoms with E-state index in [-0.39, 0.29) is 16.7 Å². The lowest BCUT2D eigenvalue weighted by molar-refractivity contribution is -0.117. The van der Waals surface area contributed by atoms with Gasteiger partial charge < -0.3 is 0 Å². The summed E-state index contributed by atoms with van der Waals surface area (Å²) in [7, 11) is -2.32. The van der Waals surface area contributed by atoms with Crippen molar-refractivity contribution in [3.8, 4) is 0 Å². The van der Waals surface area contributed by atoms with E-state index in [1.54, 1.807) is 11.4 Å². The Kier molecular flexibility index (Phi) is 6.19. The van der Waals surface area contributed by atoms with Crippen LogP contribution in [0.4, 0.5) is 10.8 Å². The number of thiazole rings is 1. The zero-order chi connectivity index (χ0) is 22.0. The first-order chi connectivity index (χ1) is 14.9. The second-order valence-corrected chi connectivity index (χ2v) is 11.1. The maximum absolute atomic E-state index is 13.4. The van der Waals surface area contributed by atoms with E-state index < -0.39 is 10.0 Å². The van der Waals surface area contributed by atoms with Crippen LogP contribution >= 0.6 is 22.7 Å². The molecule has 160 valence electrons. The van der Waals surface area contributed by atoms with Crippen LogP contribution in [-0.4, -0.2) is 37.2 Å². The SMILES string of the molecule is CCc1ccc(N(C(=O)CN(C)S(=O)(=O)c2cccs2)c2nc3ccccc3s2)cc1. The van der Waals surface area contributed by atoms with Crippen LogP contribution in [0.1, 0.15) is 12.5 Å². The summed E-state index contributed by atoms with van der Waals surface area (Å²) in [6.45, 7) is 1.77. The third-order valence-electron chi connectivity index (χ3n) is 4.84. The Morgan fingerprint density at radius 1 is 1.03 bits per heavy atom. The van der Waals surface area contributed by atoms with Gasteiger partial charge in [-0.05, 0) is 47.7 Å². The predicted octanol–water partition coefficient (Wildman–Crippen LogP) is 4.91. The molecule has 0 aliphatic rings. The third-order valence-corrected chi connectivity index (χ3v) is 9.04. The van der Waals surface area contributed by atoms with E-state index in [9.17, 15) is 13.2 Å². The monoisotopic (exact) mass is 471 g/mol. The Morgan fingerprint density at radius 3 is 2.42 bits per heavy atom.